The Kier molecular flexibility index (Phi) is 5.84. The van der Waals surface area contributed by atoms with Crippen LogP contribution in [0.3, 0.4) is 0 Å². The third-order valence-corrected chi connectivity index (χ3v) is 6.32. The Morgan fingerprint density at radius 1 is 1.11 bits per heavy atom. The van der Waals surface area contributed by atoms with Crippen molar-refractivity contribution in [1.29, 1.82) is 0 Å². The van der Waals surface area contributed by atoms with Crippen molar-refractivity contribution < 1.29 is 13.2 Å². The second-order valence-corrected chi connectivity index (χ2v) is 9.03. The largest absolute Gasteiger partial charge is 0.337 e. The van der Waals surface area contributed by atoms with Crippen LogP contribution in [0.5, 0.6) is 0 Å². The summed E-state index contributed by atoms with van der Waals surface area (Å²) in [6.45, 7) is 0.497. The Labute approximate surface area is 167 Å². The lowest BCUT2D eigenvalue weighted by molar-refractivity contribution is 0.0786. The average Bonchev–Trinajstić information content (AvgIpc) is 3.14. The van der Waals surface area contributed by atoms with Crippen LogP contribution in [0.25, 0.3) is 0 Å². The predicted molar refractivity (Wildman–Crippen MR) is 109 cm³/mol. The second-order valence-electron chi connectivity index (χ2n) is 5.88. The molecule has 2 aromatic carbocycles. The van der Waals surface area contributed by atoms with Crippen molar-refractivity contribution in [2.45, 2.75) is 11.4 Å². The maximum absolute atomic E-state index is 12.6. The first kappa shape index (κ1) is 19.4. The summed E-state index contributed by atoms with van der Waals surface area (Å²) in [7, 11) is -2.05. The quantitative estimate of drug-likeness (QED) is 0.639. The van der Waals surface area contributed by atoms with E-state index in [1.807, 2.05) is 17.5 Å². The van der Waals surface area contributed by atoms with Gasteiger partial charge in [0, 0.05) is 28.2 Å². The van der Waals surface area contributed by atoms with Crippen molar-refractivity contribution in [3.05, 3.63) is 81.5 Å². The molecule has 0 spiro atoms. The van der Waals surface area contributed by atoms with Crippen LogP contribution in [-0.4, -0.2) is 26.3 Å². The summed E-state index contributed by atoms with van der Waals surface area (Å²) < 4.78 is 27.5. The Bertz CT molecular complexity index is 1030. The third kappa shape index (κ3) is 4.88. The van der Waals surface area contributed by atoms with Crippen LogP contribution in [-0.2, 0) is 16.6 Å². The molecule has 27 heavy (non-hydrogen) atoms. The minimum absolute atomic E-state index is 0.0958. The van der Waals surface area contributed by atoms with Crippen molar-refractivity contribution in [1.82, 2.24) is 4.90 Å². The lowest BCUT2D eigenvalue weighted by Gasteiger charge is -2.17. The number of thiophene rings is 1. The van der Waals surface area contributed by atoms with Crippen LogP contribution in [0.2, 0.25) is 5.02 Å². The number of amides is 1. The standard InChI is InChI=1S/C19H17ClN2O3S2/c1-22(13-17-6-3-11-26-17)19(23)14-4-2-5-16(12-14)21-27(24,25)18-9-7-15(20)8-10-18/h2-12,21H,13H2,1H3. The van der Waals surface area contributed by atoms with E-state index in [2.05, 4.69) is 4.72 Å². The Morgan fingerprint density at radius 3 is 2.52 bits per heavy atom. The van der Waals surface area contributed by atoms with Gasteiger partial charge in [0.15, 0.2) is 0 Å². The number of sulfonamides is 1. The van der Waals surface area contributed by atoms with Crippen LogP contribution in [0.15, 0.2) is 70.9 Å². The fourth-order valence-corrected chi connectivity index (χ4v) is 4.40. The van der Waals surface area contributed by atoms with Crippen molar-refractivity contribution in [2.24, 2.45) is 0 Å². The first-order valence-electron chi connectivity index (χ1n) is 8.01. The molecule has 0 aliphatic heterocycles. The van der Waals surface area contributed by atoms with Gasteiger partial charge in [-0.3, -0.25) is 9.52 Å². The number of rotatable bonds is 6. The molecule has 0 aliphatic carbocycles. The Balaban J connectivity index is 1.76. The molecule has 5 nitrogen and oxygen atoms in total. The normalized spacial score (nSPS) is 11.2. The minimum Gasteiger partial charge on any atom is -0.337 e. The molecule has 0 aliphatic rings. The van der Waals surface area contributed by atoms with Gasteiger partial charge >= 0.3 is 0 Å². The van der Waals surface area contributed by atoms with Crippen molar-refractivity contribution >= 4 is 44.6 Å². The van der Waals surface area contributed by atoms with Gasteiger partial charge in [-0.05, 0) is 53.9 Å². The van der Waals surface area contributed by atoms with Crippen LogP contribution in [0.1, 0.15) is 15.2 Å². The number of hydrogen-bond donors (Lipinski definition) is 1. The fraction of sp³-hybridized carbons (Fsp3) is 0.105. The number of anilines is 1. The molecular weight excluding hydrogens is 404 g/mol. The summed E-state index contributed by atoms with van der Waals surface area (Å²) >= 11 is 7.38. The third-order valence-electron chi connectivity index (χ3n) is 3.81. The molecule has 0 unspecified atom stereocenters. The highest BCUT2D eigenvalue weighted by atomic mass is 35.5. The van der Waals surface area contributed by atoms with Crippen LogP contribution >= 0.6 is 22.9 Å². The first-order valence-corrected chi connectivity index (χ1v) is 10.8. The lowest BCUT2D eigenvalue weighted by Crippen LogP contribution is -2.26. The number of benzene rings is 2. The molecule has 1 N–H and O–H groups in total. The van der Waals surface area contributed by atoms with Gasteiger partial charge in [0.1, 0.15) is 0 Å². The molecule has 1 amide bonds. The fourth-order valence-electron chi connectivity index (χ4n) is 2.47. The topological polar surface area (TPSA) is 66.5 Å². The summed E-state index contributed by atoms with van der Waals surface area (Å²) in [5.74, 6) is -0.184. The number of hydrogen-bond acceptors (Lipinski definition) is 4. The second kappa shape index (κ2) is 8.12. The molecular formula is C19H17ClN2O3S2. The smallest absolute Gasteiger partial charge is 0.261 e. The van der Waals surface area contributed by atoms with Gasteiger partial charge in [-0.25, -0.2) is 8.42 Å². The molecule has 3 aromatic rings. The van der Waals surface area contributed by atoms with Crippen molar-refractivity contribution in [2.75, 3.05) is 11.8 Å². The van der Waals surface area contributed by atoms with Gasteiger partial charge < -0.3 is 4.90 Å². The molecule has 1 heterocycles. The van der Waals surface area contributed by atoms with Crippen LogP contribution < -0.4 is 4.72 Å². The van der Waals surface area contributed by atoms with E-state index in [9.17, 15) is 13.2 Å². The zero-order valence-corrected chi connectivity index (χ0v) is 16.8. The minimum atomic E-state index is -3.77. The molecule has 3 rings (SSSR count). The van der Waals surface area contributed by atoms with Crippen molar-refractivity contribution in [3.63, 3.8) is 0 Å². The molecule has 0 atom stereocenters. The van der Waals surface area contributed by atoms with Gasteiger partial charge in [-0.15, -0.1) is 11.3 Å². The Morgan fingerprint density at radius 2 is 1.85 bits per heavy atom. The zero-order chi connectivity index (χ0) is 19.4. The van der Waals surface area contributed by atoms with Gasteiger partial charge in [-0.1, -0.05) is 23.7 Å². The summed E-state index contributed by atoms with van der Waals surface area (Å²) in [6.07, 6.45) is 0. The SMILES string of the molecule is CN(Cc1cccs1)C(=O)c1cccc(NS(=O)(=O)c2ccc(Cl)cc2)c1. The summed E-state index contributed by atoms with van der Waals surface area (Å²) in [4.78, 5) is 15.4. The van der Waals surface area contributed by atoms with E-state index >= 15 is 0 Å². The molecule has 0 saturated heterocycles. The number of halogens is 1. The molecule has 0 radical (unpaired) electrons. The van der Waals surface area contributed by atoms with Gasteiger partial charge in [0.05, 0.1) is 11.4 Å². The molecule has 140 valence electrons. The molecule has 0 fully saturated rings. The lowest BCUT2D eigenvalue weighted by atomic mass is 10.2. The van der Waals surface area contributed by atoms with E-state index in [4.69, 9.17) is 11.6 Å². The summed E-state index contributed by atoms with van der Waals surface area (Å²) in [6, 6.07) is 16.2. The maximum Gasteiger partial charge on any atom is 0.261 e. The van der Waals surface area contributed by atoms with Gasteiger partial charge in [-0.2, -0.15) is 0 Å². The highest BCUT2D eigenvalue weighted by Gasteiger charge is 2.17. The molecule has 1 aromatic heterocycles. The van der Waals surface area contributed by atoms with E-state index in [-0.39, 0.29) is 10.8 Å². The monoisotopic (exact) mass is 420 g/mol. The van der Waals surface area contributed by atoms with E-state index in [1.165, 1.54) is 30.3 Å². The average molecular weight is 421 g/mol. The predicted octanol–water partition coefficient (Wildman–Crippen LogP) is 4.47. The number of carbonyl (C=O) groups excluding carboxylic acids is 1. The number of nitrogens with one attached hydrogen (secondary N) is 1. The number of nitrogens with zero attached hydrogens (tertiary/aromatic N) is 1. The van der Waals surface area contributed by atoms with Crippen molar-refractivity contribution in [3.8, 4) is 0 Å². The van der Waals surface area contributed by atoms with Crippen LogP contribution in [0.4, 0.5) is 5.69 Å². The number of carbonyl (C=O) groups is 1. The summed E-state index contributed by atoms with van der Waals surface area (Å²) in [5.41, 5.74) is 0.727. The zero-order valence-electron chi connectivity index (χ0n) is 14.4. The highest BCUT2D eigenvalue weighted by Crippen LogP contribution is 2.20. The van der Waals surface area contributed by atoms with Gasteiger partial charge in [0.25, 0.3) is 15.9 Å². The van der Waals surface area contributed by atoms with E-state index in [0.29, 0.717) is 22.8 Å². The molecule has 8 heteroatoms. The molecule has 0 saturated carbocycles. The highest BCUT2D eigenvalue weighted by molar-refractivity contribution is 7.92. The van der Waals surface area contributed by atoms with E-state index in [1.54, 1.807) is 41.5 Å². The van der Waals surface area contributed by atoms with Crippen LogP contribution in [0, 0.1) is 0 Å². The van der Waals surface area contributed by atoms with Gasteiger partial charge in [0.2, 0.25) is 0 Å². The summed E-state index contributed by atoms with van der Waals surface area (Å²) in [5, 5.41) is 2.41. The Hall–Kier alpha value is -2.35. The first-order chi connectivity index (χ1) is 12.8. The van der Waals surface area contributed by atoms with E-state index in [0.717, 1.165) is 4.88 Å². The molecule has 0 bridgehead atoms. The maximum atomic E-state index is 12.6. The van der Waals surface area contributed by atoms with E-state index < -0.39 is 10.0 Å².